The van der Waals surface area contributed by atoms with Crippen molar-refractivity contribution in [3.05, 3.63) is 59.7 Å². The highest BCUT2D eigenvalue weighted by atomic mass is 14.9. The summed E-state index contributed by atoms with van der Waals surface area (Å²) in [6.07, 6.45) is 9.39. The molecule has 0 saturated heterocycles. The number of nitrogens with one attached hydrogen (secondary N) is 1. The Bertz CT molecular complexity index is 525. The summed E-state index contributed by atoms with van der Waals surface area (Å²) < 4.78 is 0. The molecule has 0 bridgehead atoms. The molecule has 0 spiro atoms. The summed E-state index contributed by atoms with van der Waals surface area (Å²) in [5, 5.41) is 3.45. The molecular formula is C21H29N. The molecule has 118 valence electrons. The number of anilines is 2. The van der Waals surface area contributed by atoms with Crippen LogP contribution in [0.25, 0.3) is 0 Å². The number of aryl methyl sites for hydroxylation is 2. The summed E-state index contributed by atoms with van der Waals surface area (Å²) in [4.78, 5) is 0. The van der Waals surface area contributed by atoms with Gasteiger partial charge in [0.05, 0.1) is 0 Å². The maximum Gasteiger partial charge on any atom is 0.0384 e. The lowest BCUT2D eigenvalue weighted by molar-refractivity contribution is 0.607. The zero-order valence-corrected chi connectivity index (χ0v) is 14.1. The summed E-state index contributed by atoms with van der Waals surface area (Å²) in [6, 6.07) is 17.4. The summed E-state index contributed by atoms with van der Waals surface area (Å²) in [6.45, 7) is 4.38. The zero-order chi connectivity index (χ0) is 15.6. The van der Waals surface area contributed by atoms with E-state index in [2.05, 4.69) is 67.7 Å². The molecule has 0 atom stereocenters. The molecule has 1 nitrogen and oxygen atoms in total. The molecule has 0 aromatic heterocycles. The van der Waals surface area contributed by atoms with Gasteiger partial charge in [0, 0.05) is 11.4 Å². The third-order valence-electron chi connectivity index (χ3n) is 4.11. The molecule has 2 aromatic carbocycles. The van der Waals surface area contributed by atoms with Crippen LogP contribution in [0.3, 0.4) is 0 Å². The lowest BCUT2D eigenvalue weighted by Gasteiger charge is -2.08. The van der Waals surface area contributed by atoms with Crippen molar-refractivity contribution in [1.29, 1.82) is 0 Å². The van der Waals surface area contributed by atoms with Gasteiger partial charge in [0.15, 0.2) is 0 Å². The Morgan fingerprint density at radius 3 is 1.86 bits per heavy atom. The minimum atomic E-state index is 1.15. The van der Waals surface area contributed by atoms with Gasteiger partial charge >= 0.3 is 0 Å². The van der Waals surface area contributed by atoms with E-state index in [1.54, 1.807) is 0 Å². The second-order valence-electron chi connectivity index (χ2n) is 6.21. The molecule has 0 amide bonds. The molecule has 0 unspecified atom stereocenters. The van der Waals surface area contributed by atoms with Crippen LogP contribution in [-0.4, -0.2) is 0 Å². The molecular weight excluding hydrogens is 266 g/mol. The lowest BCUT2D eigenvalue weighted by Crippen LogP contribution is -1.91. The van der Waals surface area contributed by atoms with Crippen LogP contribution in [0.15, 0.2) is 48.5 Å². The molecule has 0 aliphatic heterocycles. The Kier molecular flexibility index (Phi) is 7.02. The average Bonchev–Trinajstić information content (AvgIpc) is 2.54. The Hall–Kier alpha value is -1.76. The van der Waals surface area contributed by atoms with Gasteiger partial charge in [-0.3, -0.25) is 0 Å². The highest BCUT2D eigenvalue weighted by Gasteiger charge is 1.97. The number of rotatable bonds is 9. The quantitative estimate of drug-likeness (QED) is 0.511. The fourth-order valence-corrected chi connectivity index (χ4v) is 2.67. The summed E-state index contributed by atoms with van der Waals surface area (Å²) in [5.74, 6) is 0. The minimum absolute atomic E-state index is 1.15. The summed E-state index contributed by atoms with van der Waals surface area (Å²) >= 11 is 0. The topological polar surface area (TPSA) is 12.0 Å². The largest absolute Gasteiger partial charge is 0.356 e. The van der Waals surface area contributed by atoms with Crippen molar-refractivity contribution in [3.63, 3.8) is 0 Å². The highest BCUT2D eigenvalue weighted by Crippen LogP contribution is 2.18. The van der Waals surface area contributed by atoms with E-state index in [0.29, 0.717) is 0 Å². The molecule has 1 N–H and O–H groups in total. The Balaban J connectivity index is 1.74. The van der Waals surface area contributed by atoms with Gasteiger partial charge in [-0.05, 0) is 49.6 Å². The molecule has 0 aliphatic carbocycles. The van der Waals surface area contributed by atoms with E-state index >= 15 is 0 Å². The average molecular weight is 295 g/mol. The van der Waals surface area contributed by atoms with Crippen LogP contribution in [0, 0.1) is 6.92 Å². The molecule has 0 fully saturated rings. The Morgan fingerprint density at radius 1 is 0.682 bits per heavy atom. The van der Waals surface area contributed by atoms with E-state index in [4.69, 9.17) is 0 Å². The third kappa shape index (κ3) is 5.93. The van der Waals surface area contributed by atoms with Crippen LogP contribution in [0.4, 0.5) is 11.4 Å². The third-order valence-corrected chi connectivity index (χ3v) is 4.11. The van der Waals surface area contributed by atoms with Crippen molar-refractivity contribution in [2.24, 2.45) is 0 Å². The molecule has 1 heteroatoms. The SMILES string of the molecule is CCCCCCCCc1ccc(Nc2ccc(C)cc2)cc1. The van der Waals surface area contributed by atoms with E-state index in [-0.39, 0.29) is 0 Å². The van der Waals surface area contributed by atoms with E-state index in [0.717, 1.165) is 11.4 Å². The van der Waals surface area contributed by atoms with Crippen LogP contribution in [0.2, 0.25) is 0 Å². The molecule has 22 heavy (non-hydrogen) atoms. The van der Waals surface area contributed by atoms with Crippen LogP contribution in [0.1, 0.15) is 56.6 Å². The van der Waals surface area contributed by atoms with Crippen molar-refractivity contribution >= 4 is 11.4 Å². The first-order chi connectivity index (χ1) is 10.8. The molecule has 2 rings (SSSR count). The predicted molar refractivity (Wildman–Crippen MR) is 98.0 cm³/mol. The summed E-state index contributed by atoms with van der Waals surface area (Å²) in [7, 11) is 0. The van der Waals surface area contributed by atoms with Gasteiger partial charge in [-0.1, -0.05) is 68.9 Å². The highest BCUT2D eigenvalue weighted by molar-refractivity contribution is 5.59. The molecule has 0 saturated carbocycles. The van der Waals surface area contributed by atoms with Gasteiger partial charge in [-0.25, -0.2) is 0 Å². The molecule has 0 aliphatic rings. The number of benzene rings is 2. The Morgan fingerprint density at radius 2 is 1.23 bits per heavy atom. The number of hydrogen-bond donors (Lipinski definition) is 1. The van der Waals surface area contributed by atoms with Crippen LogP contribution < -0.4 is 5.32 Å². The van der Waals surface area contributed by atoms with Gasteiger partial charge in [0.1, 0.15) is 0 Å². The smallest absolute Gasteiger partial charge is 0.0384 e. The van der Waals surface area contributed by atoms with Crippen molar-refractivity contribution < 1.29 is 0 Å². The maximum absolute atomic E-state index is 3.45. The lowest BCUT2D eigenvalue weighted by atomic mass is 10.0. The van der Waals surface area contributed by atoms with Gasteiger partial charge < -0.3 is 5.32 Å². The second-order valence-corrected chi connectivity index (χ2v) is 6.21. The van der Waals surface area contributed by atoms with Crippen molar-refractivity contribution in [1.82, 2.24) is 0 Å². The maximum atomic E-state index is 3.45. The first kappa shape index (κ1) is 16.6. The Labute approximate surface area is 135 Å². The van der Waals surface area contributed by atoms with Gasteiger partial charge in [0.2, 0.25) is 0 Å². The monoisotopic (exact) mass is 295 g/mol. The van der Waals surface area contributed by atoms with Crippen LogP contribution in [-0.2, 0) is 6.42 Å². The van der Waals surface area contributed by atoms with E-state index in [1.807, 2.05) is 0 Å². The van der Waals surface area contributed by atoms with Crippen molar-refractivity contribution in [2.45, 2.75) is 58.8 Å². The van der Waals surface area contributed by atoms with Crippen LogP contribution in [0.5, 0.6) is 0 Å². The van der Waals surface area contributed by atoms with Gasteiger partial charge in [-0.2, -0.15) is 0 Å². The van der Waals surface area contributed by atoms with Crippen LogP contribution >= 0.6 is 0 Å². The van der Waals surface area contributed by atoms with E-state index in [9.17, 15) is 0 Å². The minimum Gasteiger partial charge on any atom is -0.356 e. The summed E-state index contributed by atoms with van der Waals surface area (Å²) in [5.41, 5.74) is 5.05. The number of unbranched alkanes of at least 4 members (excludes halogenated alkanes) is 5. The first-order valence-corrected chi connectivity index (χ1v) is 8.70. The predicted octanol–water partition coefficient (Wildman–Crippen LogP) is 6.64. The second kappa shape index (κ2) is 9.30. The van der Waals surface area contributed by atoms with Gasteiger partial charge in [-0.15, -0.1) is 0 Å². The molecule has 0 radical (unpaired) electrons. The van der Waals surface area contributed by atoms with E-state index in [1.165, 1.54) is 56.1 Å². The molecule has 0 heterocycles. The fraction of sp³-hybridized carbons (Fsp3) is 0.429. The standard InChI is InChI=1S/C21H29N/c1-3-4-5-6-7-8-9-19-12-16-21(17-13-19)22-20-14-10-18(2)11-15-20/h10-17,22H,3-9H2,1-2H3. The van der Waals surface area contributed by atoms with Crippen molar-refractivity contribution in [2.75, 3.05) is 5.32 Å². The molecule has 2 aromatic rings. The van der Waals surface area contributed by atoms with E-state index < -0.39 is 0 Å². The fourth-order valence-electron chi connectivity index (χ4n) is 2.67. The number of hydrogen-bond acceptors (Lipinski definition) is 1. The first-order valence-electron chi connectivity index (χ1n) is 8.70. The van der Waals surface area contributed by atoms with Gasteiger partial charge in [0.25, 0.3) is 0 Å². The zero-order valence-electron chi connectivity index (χ0n) is 14.1. The van der Waals surface area contributed by atoms with Crippen molar-refractivity contribution in [3.8, 4) is 0 Å². The normalized spacial score (nSPS) is 10.6.